The monoisotopic (exact) mass is 301 g/mol. The number of thioether (sulfide) groups is 1. The number of carbonyl (C=O) groups is 2. The van der Waals surface area contributed by atoms with Gasteiger partial charge in [0.1, 0.15) is 0 Å². The van der Waals surface area contributed by atoms with Gasteiger partial charge in [0.2, 0.25) is 11.8 Å². The van der Waals surface area contributed by atoms with E-state index >= 15 is 0 Å². The first-order valence-electron chi connectivity index (χ1n) is 7.15. The minimum absolute atomic E-state index is 0.00908. The van der Waals surface area contributed by atoms with Crippen molar-refractivity contribution in [1.29, 1.82) is 0 Å². The molecule has 7 heteroatoms. The second kappa shape index (κ2) is 7.85. The molecule has 20 heavy (non-hydrogen) atoms. The number of nitrogens with zero attached hydrogens (tertiary/aromatic N) is 2. The van der Waals surface area contributed by atoms with Crippen molar-refractivity contribution in [3.63, 3.8) is 0 Å². The number of hydrogen-bond donors (Lipinski definition) is 1. The molecule has 0 aromatic heterocycles. The molecule has 2 fully saturated rings. The van der Waals surface area contributed by atoms with Crippen LogP contribution in [0.1, 0.15) is 12.8 Å². The second-order valence-corrected chi connectivity index (χ2v) is 6.40. The van der Waals surface area contributed by atoms with Crippen LogP contribution in [0.15, 0.2) is 0 Å². The van der Waals surface area contributed by atoms with Gasteiger partial charge >= 0.3 is 0 Å². The summed E-state index contributed by atoms with van der Waals surface area (Å²) in [6.45, 7) is 4.26. The van der Waals surface area contributed by atoms with E-state index < -0.39 is 0 Å². The molecule has 0 aliphatic carbocycles. The largest absolute Gasteiger partial charge is 0.378 e. The van der Waals surface area contributed by atoms with E-state index in [-0.39, 0.29) is 18.4 Å². The van der Waals surface area contributed by atoms with Crippen LogP contribution in [0.4, 0.5) is 0 Å². The Bertz CT molecular complexity index is 348. The first-order chi connectivity index (χ1) is 9.70. The molecule has 6 nitrogen and oxygen atoms in total. The molecule has 0 aromatic carbocycles. The highest BCUT2D eigenvalue weighted by molar-refractivity contribution is 8.00. The quantitative estimate of drug-likeness (QED) is 0.759. The standard InChI is InChI=1S/C13H23N3O3S/c14-8-12(17)16-3-1-2-11(9-16)20-10-13(18)15-4-6-19-7-5-15/h11H,1-10,14H2. The zero-order valence-electron chi connectivity index (χ0n) is 11.8. The lowest BCUT2D eigenvalue weighted by molar-refractivity contribution is -0.132. The molecule has 2 amide bonds. The normalized spacial score (nSPS) is 23.8. The number of morpholine rings is 1. The first-order valence-corrected chi connectivity index (χ1v) is 8.20. The van der Waals surface area contributed by atoms with Crippen LogP contribution in [-0.4, -0.2) is 78.6 Å². The maximum absolute atomic E-state index is 12.1. The van der Waals surface area contributed by atoms with Gasteiger partial charge in [-0.2, -0.15) is 0 Å². The maximum Gasteiger partial charge on any atom is 0.236 e. The number of amides is 2. The number of rotatable bonds is 4. The molecule has 0 bridgehead atoms. The van der Waals surface area contributed by atoms with Gasteiger partial charge in [0.05, 0.1) is 25.5 Å². The molecular weight excluding hydrogens is 278 g/mol. The second-order valence-electron chi connectivity index (χ2n) is 5.11. The van der Waals surface area contributed by atoms with E-state index in [4.69, 9.17) is 10.5 Å². The number of piperidine rings is 1. The van der Waals surface area contributed by atoms with E-state index in [1.54, 1.807) is 11.8 Å². The average molecular weight is 301 g/mol. The van der Waals surface area contributed by atoms with Crippen molar-refractivity contribution in [3.05, 3.63) is 0 Å². The van der Waals surface area contributed by atoms with Crippen molar-refractivity contribution in [3.8, 4) is 0 Å². The number of nitrogens with two attached hydrogens (primary N) is 1. The third kappa shape index (κ3) is 4.36. The van der Waals surface area contributed by atoms with Gasteiger partial charge in [-0.25, -0.2) is 0 Å². The topological polar surface area (TPSA) is 75.9 Å². The fraction of sp³-hybridized carbons (Fsp3) is 0.846. The summed E-state index contributed by atoms with van der Waals surface area (Å²) in [7, 11) is 0. The molecule has 2 rings (SSSR count). The minimum atomic E-state index is 0.00908. The predicted molar refractivity (Wildman–Crippen MR) is 78.5 cm³/mol. The third-order valence-electron chi connectivity index (χ3n) is 3.71. The van der Waals surface area contributed by atoms with Crippen molar-refractivity contribution >= 4 is 23.6 Å². The first kappa shape index (κ1) is 15.6. The van der Waals surface area contributed by atoms with Crippen LogP contribution in [0.2, 0.25) is 0 Å². The Hall–Kier alpha value is -0.790. The summed E-state index contributed by atoms with van der Waals surface area (Å²) in [6, 6.07) is 0. The van der Waals surface area contributed by atoms with Crippen LogP contribution in [0, 0.1) is 0 Å². The van der Waals surface area contributed by atoms with E-state index in [1.165, 1.54) is 0 Å². The highest BCUT2D eigenvalue weighted by Gasteiger charge is 2.25. The van der Waals surface area contributed by atoms with Crippen LogP contribution >= 0.6 is 11.8 Å². The van der Waals surface area contributed by atoms with Gasteiger partial charge in [-0.1, -0.05) is 0 Å². The number of likely N-dealkylation sites (tertiary alicyclic amines) is 1. The molecule has 0 saturated carbocycles. The third-order valence-corrected chi connectivity index (χ3v) is 4.98. The predicted octanol–water partition coefficient (Wildman–Crippen LogP) is -0.472. The van der Waals surface area contributed by atoms with Crippen LogP contribution in [-0.2, 0) is 14.3 Å². The molecule has 1 atom stereocenters. The summed E-state index contributed by atoms with van der Waals surface area (Å²) in [5.74, 6) is 0.686. The molecule has 1 unspecified atom stereocenters. The van der Waals surface area contributed by atoms with E-state index in [1.807, 2.05) is 9.80 Å². The Morgan fingerprint density at radius 3 is 2.60 bits per heavy atom. The van der Waals surface area contributed by atoms with Crippen LogP contribution < -0.4 is 5.73 Å². The molecule has 2 saturated heterocycles. The molecule has 0 radical (unpaired) electrons. The Kier molecular flexibility index (Phi) is 6.12. The van der Waals surface area contributed by atoms with Gasteiger partial charge in [-0.15, -0.1) is 11.8 Å². The van der Waals surface area contributed by atoms with Gasteiger partial charge in [-0.05, 0) is 12.8 Å². The Morgan fingerprint density at radius 2 is 1.90 bits per heavy atom. The van der Waals surface area contributed by atoms with E-state index in [2.05, 4.69) is 0 Å². The van der Waals surface area contributed by atoms with Gasteiger partial charge < -0.3 is 20.3 Å². The number of ether oxygens (including phenoxy) is 1. The molecule has 2 aliphatic rings. The van der Waals surface area contributed by atoms with Gasteiger partial charge in [0, 0.05) is 31.4 Å². The average Bonchev–Trinajstić information content (AvgIpc) is 2.53. The molecule has 0 aromatic rings. The summed E-state index contributed by atoms with van der Waals surface area (Å²) in [4.78, 5) is 27.3. The maximum atomic E-state index is 12.1. The SMILES string of the molecule is NCC(=O)N1CCCC(SCC(=O)N2CCOCC2)C1. The molecule has 2 N–H and O–H groups in total. The zero-order valence-corrected chi connectivity index (χ0v) is 12.6. The van der Waals surface area contributed by atoms with Crippen LogP contribution in [0.3, 0.4) is 0 Å². The lowest BCUT2D eigenvalue weighted by Crippen LogP contribution is -2.45. The zero-order chi connectivity index (χ0) is 14.4. The summed E-state index contributed by atoms with van der Waals surface area (Å²) in [5, 5.41) is 0.351. The molecule has 2 heterocycles. The summed E-state index contributed by atoms with van der Waals surface area (Å²) < 4.78 is 5.24. The van der Waals surface area contributed by atoms with Crippen molar-refractivity contribution in [2.75, 3.05) is 51.7 Å². The molecular formula is C13H23N3O3S. The summed E-state index contributed by atoms with van der Waals surface area (Å²) in [5.41, 5.74) is 5.40. The smallest absolute Gasteiger partial charge is 0.236 e. The molecule has 0 spiro atoms. The van der Waals surface area contributed by atoms with Crippen LogP contribution in [0.5, 0.6) is 0 Å². The summed E-state index contributed by atoms with van der Waals surface area (Å²) in [6.07, 6.45) is 2.06. The minimum Gasteiger partial charge on any atom is -0.378 e. The van der Waals surface area contributed by atoms with E-state index in [0.29, 0.717) is 37.3 Å². The Morgan fingerprint density at radius 1 is 1.15 bits per heavy atom. The van der Waals surface area contributed by atoms with Crippen molar-refractivity contribution < 1.29 is 14.3 Å². The fourth-order valence-electron chi connectivity index (χ4n) is 2.52. The van der Waals surface area contributed by atoms with Crippen LogP contribution in [0.25, 0.3) is 0 Å². The number of hydrogen-bond acceptors (Lipinski definition) is 5. The lowest BCUT2D eigenvalue weighted by Gasteiger charge is -2.33. The highest BCUT2D eigenvalue weighted by atomic mass is 32.2. The summed E-state index contributed by atoms with van der Waals surface area (Å²) >= 11 is 1.66. The number of carbonyl (C=O) groups excluding carboxylic acids is 2. The van der Waals surface area contributed by atoms with Gasteiger partial charge in [0.25, 0.3) is 0 Å². The van der Waals surface area contributed by atoms with E-state index in [0.717, 1.165) is 25.9 Å². The molecule has 2 aliphatic heterocycles. The highest BCUT2D eigenvalue weighted by Crippen LogP contribution is 2.23. The van der Waals surface area contributed by atoms with Gasteiger partial charge in [0.15, 0.2) is 0 Å². The molecule has 114 valence electrons. The lowest BCUT2D eigenvalue weighted by atomic mass is 10.1. The fourth-order valence-corrected chi connectivity index (χ4v) is 3.70. The Labute approximate surface area is 124 Å². The van der Waals surface area contributed by atoms with Crippen molar-refractivity contribution in [2.24, 2.45) is 5.73 Å². The van der Waals surface area contributed by atoms with Crippen molar-refractivity contribution in [2.45, 2.75) is 18.1 Å². The van der Waals surface area contributed by atoms with E-state index in [9.17, 15) is 9.59 Å². The van der Waals surface area contributed by atoms with Crippen molar-refractivity contribution in [1.82, 2.24) is 9.80 Å². The van der Waals surface area contributed by atoms with Gasteiger partial charge in [-0.3, -0.25) is 9.59 Å². The Balaban J connectivity index is 1.72.